The summed E-state index contributed by atoms with van der Waals surface area (Å²) >= 11 is 1.33. The third kappa shape index (κ3) is 1.95. The molecule has 0 unspecified atom stereocenters. The van der Waals surface area contributed by atoms with Crippen LogP contribution in [0.2, 0.25) is 0 Å². The molecule has 0 fully saturated rings. The summed E-state index contributed by atoms with van der Waals surface area (Å²) in [7, 11) is 0. The van der Waals surface area contributed by atoms with E-state index in [1.54, 1.807) is 6.07 Å². The monoisotopic (exact) mass is 225 g/mol. The Hall–Kier alpha value is -1.16. The van der Waals surface area contributed by atoms with Crippen molar-refractivity contribution in [2.45, 2.75) is 26.2 Å². The van der Waals surface area contributed by atoms with Gasteiger partial charge in [0.15, 0.2) is 11.6 Å². The van der Waals surface area contributed by atoms with Crippen LogP contribution < -0.4 is 0 Å². The smallest absolute Gasteiger partial charge is 0.184 e. The van der Waals surface area contributed by atoms with E-state index in [0.717, 1.165) is 24.3 Å². The normalized spacial score (nSPS) is 11.1. The molecule has 0 bridgehead atoms. The molecule has 0 atom stereocenters. The molecule has 0 amide bonds. The van der Waals surface area contributed by atoms with E-state index in [0.29, 0.717) is 10.2 Å². The second-order valence-corrected chi connectivity index (χ2v) is 4.54. The van der Waals surface area contributed by atoms with Gasteiger partial charge in [-0.05, 0) is 25.0 Å². The minimum atomic E-state index is -0.548. The average molecular weight is 225 g/mol. The van der Waals surface area contributed by atoms with Crippen molar-refractivity contribution in [1.82, 2.24) is 4.98 Å². The van der Waals surface area contributed by atoms with Gasteiger partial charge in [0.05, 0.1) is 15.2 Å². The molecular formula is C11H12FNOS. The summed E-state index contributed by atoms with van der Waals surface area (Å²) in [5, 5.41) is 10.1. The van der Waals surface area contributed by atoms with Crippen LogP contribution in [0.3, 0.4) is 0 Å². The molecule has 0 radical (unpaired) electrons. The van der Waals surface area contributed by atoms with Gasteiger partial charge in [0.1, 0.15) is 0 Å². The number of hydrogen-bond donors (Lipinski definition) is 1. The molecule has 0 aliphatic rings. The molecule has 2 aromatic rings. The van der Waals surface area contributed by atoms with E-state index in [4.69, 9.17) is 0 Å². The highest BCUT2D eigenvalue weighted by Crippen LogP contribution is 2.30. The van der Waals surface area contributed by atoms with Gasteiger partial charge in [0.2, 0.25) is 0 Å². The highest BCUT2D eigenvalue weighted by Gasteiger charge is 2.11. The Morgan fingerprint density at radius 1 is 1.47 bits per heavy atom. The third-order valence-corrected chi connectivity index (χ3v) is 3.39. The molecule has 1 N–H and O–H groups in total. The van der Waals surface area contributed by atoms with Crippen molar-refractivity contribution in [2.75, 3.05) is 0 Å². The number of aryl methyl sites for hydroxylation is 1. The van der Waals surface area contributed by atoms with Crippen molar-refractivity contribution >= 4 is 21.6 Å². The largest absolute Gasteiger partial charge is 0.505 e. The molecule has 0 spiro atoms. The summed E-state index contributed by atoms with van der Waals surface area (Å²) in [5.74, 6) is -0.846. The molecule has 2 rings (SSSR count). The Kier molecular flexibility index (Phi) is 2.86. The van der Waals surface area contributed by atoms with E-state index in [2.05, 4.69) is 11.9 Å². The summed E-state index contributed by atoms with van der Waals surface area (Å²) in [6.07, 6.45) is 3.05. The molecule has 1 aromatic heterocycles. The fourth-order valence-corrected chi connectivity index (χ4v) is 2.47. The number of aromatic hydroxyl groups is 1. The lowest BCUT2D eigenvalue weighted by Crippen LogP contribution is -1.81. The van der Waals surface area contributed by atoms with Crippen LogP contribution in [0.4, 0.5) is 4.39 Å². The molecule has 0 aliphatic carbocycles. The van der Waals surface area contributed by atoms with Crippen molar-refractivity contribution in [3.63, 3.8) is 0 Å². The number of unbranched alkanes of at least 4 members (excludes halogenated alkanes) is 1. The van der Waals surface area contributed by atoms with Gasteiger partial charge in [0.25, 0.3) is 0 Å². The van der Waals surface area contributed by atoms with Crippen LogP contribution >= 0.6 is 11.3 Å². The first-order valence-electron chi connectivity index (χ1n) is 4.99. The first-order valence-corrected chi connectivity index (χ1v) is 5.81. The number of thiazole rings is 1. The molecule has 15 heavy (non-hydrogen) atoms. The van der Waals surface area contributed by atoms with Gasteiger partial charge < -0.3 is 5.11 Å². The molecule has 1 heterocycles. The van der Waals surface area contributed by atoms with Crippen LogP contribution in [-0.2, 0) is 6.42 Å². The van der Waals surface area contributed by atoms with Gasteiger partial charge >= 0.3 is 0 Å². The Morgan fingerprint density at radius 3 is 3.00 bits per heavy atom. The summed E-state index contributed by atoms with van der Waals surface area (Å²) in [4.78, 5) is 4.32. The Balaban J connectivity index is 2.42. The van der Waals surface area contributed by atoms with Crippen LogP contribution in [-0.4, -0.2) is 10.1 Å². The van der Waals surface area contributed by atoms with E-state index in [9.17, 15) is 9.50 Å². The maximum absolute atomic E-state index is 13.5. The minimum absolute atomic E-state index is 0.298. The van der Waals surface area contributed by atoms with Gasteiger partial charge in [-0.2, -0.15) is 0 Å². The number of benzene rings is 1. The number of phenols is 1. The van der Waals surface area contributed by atoms with Crippen LogP contribution in [0.5, 0.6) is 5.75 Å². The molecule has 0 saturated carbocycles. The second-order valence-electron chi connectivity index (χ2n) is 3.46. The molecule has 80 valence electrons. The molecule has 0 aliphatic heterocycles. The predicted molar refractivity (Wildman–Crippen MR) is 59.9 cm³/mol. The van der Waals surface area contributed by atoms with Gasteiger partial charge in [-0.25, -0.2) is 9.37 Å². The standard InChI is InChI=1S/C11H12FNOS/c1-2-3-4-9-13-7-5-6-8(14)10(12)11(7)15-9/h5-6,14H,2-4H2,1H3. The number of aromatic nitrogens is 1. The van der Waals surface area contributed by atoms with E-state index in [1.165, 1.54) is 17.4 Å². The summed E-state index contributed by atoms with van der Waals surface area (Å²) in [6.45, 7) is 2.11. The minimum Gasteiger partial charge on any atom is -0.505 e. The van der Waals surface area contributed by atoms with Gasteiger partial charge in [-0.3, -0.25) is 0 Å². The number of hydrogen-bond acceptors (Lipinski definition) is 3. The highest BCUT2D eigenvalue weighted by molar-refractivity contribution is 7.18. The number of rotatable bonds is 3. The fourth-order valence-electron chi connectivity index (χ4n) is 1.43. The van der Waals surface area contributed by atoms with Crippen LogP contribution in [0.1, 0.15) is 24.8 Å². The Labute approximate surface area is 91.4 Å². The molecule has 1 aromatic carbocycles. The zero-order valence-corrected chi connectivity index (χ0v) is 9.27. The van der Waals surface area contributed by atoms with Crippen LogP contribution in [0.25, 0.3) is 10.2 Å². The highest BCUT2D eigenvalue weighted by atomic mass is 32.1. The van der Waals surface area contributed by atoms with E-state index < -0.39 is 5.82 Å². The van der Waals surface area contributed by atoms with Crippen LogP contribution in [0, 0.1) is 5.82 Å². The maximum Gasteiger partial charge on any atom is 0.184 e. The average Bonchev–Trinajstić information content (AvgIpc) is 2.64. The molecule has 2 nitrogen and oxygen atoms in total. The summed E-state index contributed by atoms with van der Waals surface area (Å²) < 4.78 is 13.9. The molecule has 4 heteroatoms. The number of fused-ring (bicyclic) bond motifs is 1. The number of halogens is 1. The Bertz CT molecular complexity index is 481. The summed E-state index contributed by atoms with van der Waals surface area (Å²) in [5.41, 5.74) is 0.640. The SMILES string of the molecule is CCCCc1nc2ccc(O)c(F)c2s1. The zero-order valence-electron chi connectivity index (χ0n) is 8.46. The van der Waals surface area contributed by atoms with Crippen molar-refractivity contribution in [3.8, 4) is 5.75 Å². The van der Waals surface area contributed by atoms with Crippen molar-refractivity contribution in [2.24, 2.45) is 0 Å². The van der Waals surface area contributed by atoms with E-state index in [-0.39, 0.29) is 5.75 Å². The molecule has 0 saturated heterocycles. The maximum atomic E-state index is 13.5. The first kappa shape index (κ1) is 10.4. The van der Waals surface area contributed by atoms with Crippen molar-refractivity contribution < 1.29 is 9.50 Å². The Morgan fingerprint density at radius 2 is 2.27 bits per heavy atom. The first-order chi connectivity index (χ1) is 7.22. The number of phenolic OH excluding ortho intramolecular Hbond substituents is 1. The fraction of sp³-hybridized carbons (Fsp3) is 0.364. The topological polar surface area (TPSA) is 33.1 Å². The second kappa shape index (κ2) is 4.14. The number of nitrogens with zero attached hydrogens (tertiary/aromatic N) is 1. The zero-order chi connectivity index (χ0) is 10.8. The van der Waals surface area contributed by atoms with E-state index >= 15 is 0 Å². The van der Waals surface area contributed by atoms with Gasteiger partial charge in [-0.15, -0.1) is 11.3 Å². The summed E-state index contributed by atoms with van der Waals surface area (Å²) in [6, 6.07) is 3.00. The van der Waals surface area contributed by atoms with Gasteiger partial charge in [0, 0.05) is 0 Å². The third-order valence-electron chi connectivity index (χ3n) is 2.27. The molecular weight excluding hydrogens is 213 g/mol. The lowest BCUT2D eigenvalue weighted by molar-refractivity contribution is 0.436. The van der Waals surface area contributed by atoms with Crippen molar-refractivity contribution in [1.29, 1.82) is 0 Å². The van der Waals surface area contributed by atoms with Crippen LogP contribution in [0.15, 0.2) is 12.1 Å². The predicted octanol–water partition coefficient (Wildman–Crippen LogP) is 3.48. The van der Waals surface area contributed by atoms with E-state index in [1.807, 2.05) is 0 Å². The lowest BCUT2D eigenvalue weighted by atomic mass is 10.2. The van der Waals surface area contributed by atoms with Gasteiger partial charge in [-0.1, -0.05) is 13.3 Å². The quantitative estimate of drug-likeness (QED) is 0.867. The van der Waals surface area contributed by atoms with Crippen molar-refractivity contribution in [3.05, 3.63) is 23.0 Å². The lowest BCUT2D eigenvalue weighted by Gasteiger charge is -1.93.